The van der Waals surface area contributed by atoms with Gasteiger partial charge in [0.15, 0.2) is 5.69 Å². The highest BCUT2D eigenvalue weighted by atomic mass is 32.1. The molecule has 0 aromatic carbocycles. The van der Waals surface area contributed by atoms with Crippen molar-refractivity contribution < 1.29 is 14.7 Å². The van der Waals surface area contributed by atoms with E-state index in [9.17, 15) is 9.59 Å². The maximum Gasteiger partial charge on any atom is 0.358 e. The lowest BCUT2D eigenvalue weighted by molar-refractivity contribution is -0.131. The molecule has 100 valence electrons. The zero-order valence-corrected chi connectivity index (χ0v) is 11.0. The maximum atomic E-state index is 11.9. The number of hydrogen-bond acceptors (Lipinski definition) is 5. The summed E-state index contributed by atoms with van der Waals surface area (Å²) in [6, 6.07) is 3.88. The van der Waals surface area contributed by atoms with Gasteiger partial charge in [0.25, 0.3) is 0 Å². The van der Waals surface area contributed by atoms with Gasteiger partial charge in [-0.2, -0.15) is 0 Å². The van der Waals surface area contributed by atoms with Gasteiger partial charge in [-0.15, -0.1) is 16.4 Å². The highest BCUT2D eigenvalue weighted by molar-refractivity contribution is 7.09. The van der Waals surface area contributed by atoms with Gasteiger partial charge < -0.3 is 10.0 Å². The predicted molar refractivity (Wildman–Crippen MR) is 67.8 cm³/mol. The van der Waals surface area contributed by atoms with Crippen LogP contribution in [0.1, 0.15) is 15.4 Å². The molecule has 0 bridgehead atoms. The first kappa shape index (κ1) is 13.2. The monoisotopic (exact) mass is 280 g/mol. The summed E-state index contributed by atoms with van der Waals surface area (Å²) >= 11 is 1.58. The van der Waals surface area contributed by atoms with Gasteiger partial charge in [-0.3, -0.25) is 4.79 Å². The van der Waals surface area contributed by atoms with Crippen molar-refractivity contribution in [2.75, 3.05) is 7.05 Å². The summed E-state index contributed by atoms with van der Waals surface area (Å²) in [4.78, 5) is 25.2. The van der Waals surface area contributed by atoms with E-state index in [1.165, 1.54) is 10.9 Å². The van der Waals surface area contributed by atoms with Crippen LogP contribution >= 0.6 is 11.3 Å². The molecule has 1 amide bonds. The highest BCUT2D eigenvalue weighted by Crippen LogP contribution is 2.11. The van der Waals surface area contributed by atoms with Crippen molar-refractivity contribution in [3.05, 3.63) is 34.3 Å². The fourth-order valence-corrected chi connectivity index (χ4v) is 2.21. The van der Waals surface area contributed by atoms with Crippen molar-refractivity contribution in [3.8, 4) is 0 Å². The summed E-state index contributed by atoms with van der Waals surface area (Å²) in [6.45, 7) is 0.499. The fraction of sp³-hybridized carbons (Fsp3) is 0.273. The van der Waals surface area contributed by atoms with Gasteiger partial charge in [0, 0.05) is 11.9 Å². The number of amides is 1. The quantitative estimate of drug-likeness (QED) is 0.870. The van der Waals surface area contributed by atoms with Crippen molar-refractivity contribution in [2.24, 2.45) is 0 Å². The van der Waals surface area contributed by atoms with E-state index in [0.717, 1.165) is 4.88 Å². The second-order valence-electron chi connectivity index (χ2n) is 3.94. The molecule has 2 heterocycles. The minimum atomic E-state index is -1.16. The van der Waals surface area contributed by atoms with E-state index in [0.29, 0.717) is 6.54 Å². The van der Waals surface area contributed by atoms with Gasteiger partial charge in [0.2, 0.25) is 5.91 Å². The molecule has 0 radical (unpaired) electrons. The van der Waals surface area contributed by atoms with Crippen molar-refractivity contribution in [1.29, 1.82) is 0 Å². The molecule has 7 nitrogen and oxygen atoms in total. The third kappa shape index (κ3) is 3.38. The van der Waals surface area contributed by atoms with Gasteiger partial charge in [0.1, 0.15) is 6.54 Å². The molecule has 0 saturated carbocycles. The molecule has 8 heteroatoms. The first-order valence-electron chi connectivity index (χ1n) is 5.46. The van der Waals surface area contributed by atoms with Crippen LogP contribution in [-0.2, 0) is 17.9 Å². The Morgan fingerprint density at radius 2 is 2.32 bits per heavy atom. The molecule has 0 saturated heterocycles. The first-order valence-corrected chi connectivity index (χ1v) is 6.34. The number of aromatic nitrogens is 3. The largest absolute Gasteiger partial charge is 0.476 e. The summed E-state index contributed by atoms with van der Waals surface area (Å²) in [6.07, 6.45) is 1.24. The second-order valence-corrected chi connectivity index (χ2v) is 4.97. The van der Waals surface area contributed by atoms with E-state index in [1.54, 1.807) is 23.3 Å². The van der Waals surface area contributed by atoms with Crippen LogP contribution in [0, 0.1) is 0 Å². The molecule has 2 aromatic heterocycles. The zero-order chi connectivity index (χ0) is 13.8. The van der Waals surface area contributed by atoms with Gasteiger partial charge in [-0.1, -0.05) is 11.3 Å². The van der Waals surface area contributed by atoms with Crippen LogP contribution in [0.3, 0.4) is 0 Å². The third-order valence-electron chi connectivity index (χ3n) is 2.45. The Morgan fingerprint density at radius 3 is 2.89 bits per heavy atom. The smallest absolute Gasteiger partial charge is 0.358 e. The minimum absolute atomic E-state index is 0.0256. The fourth-order valence-electron chi connectivity index (χ4n) is 1.46. The summed E-state index contributed by atoms with van der Waals surface area (Å²) in [5.41, 5.74) is -0.172. The Kier molecular flexibility index (Phi) is 3.91. The molecule has 2 rings (SSSR count). The van der Waals surface area contributed by atoms with Gasteiger partial charge in [0.05, 0.1) is 12.7 Å². The zero-order valence-electron chi connectivity index (χ0n) is 10.2. The molecule has 0 atom stereocenters. The van der Waals surface area contributed by atoms with Crippen LogP contribution in [0.15, 0.2) is 23.7 Å². The number of carboxylic acid groups (broad SMARTS) is 1. The molecule has 0 spiro atoms. The van der Waals surface area contributed by atoms with E-state index >= 15 is 0 Å². The van der Waals surface area contributed by atoms with Crippen LogP contribution in [-0.4, -0.2) is 43.9 Å². The molecule has 2 aromatic rings. The second kappa shape index (κ2) is 5.61. The van der Waals surface area contributed by atoms with E-state index in [-0.39, 0.29) is 18.1 Å². The number of aromatic carboxylic acids is 1. The summed E-state index contributed by atoms with van der Waals surface area (Å²) < 4.78 is 1.22. The van der Waals surface area contributed by atoms with Crippen LogP contribution in [0.25, 0.3) is 0 Å². The van der Waals surface area contributed by atoms with Crippen molar-refractivity contribution >= 4 is 23.2 Å². The van der Waals surface area contributed by atoms with Gasteiger partial charge in [-0.25, -0.2) is 9.48 Å². The molecule has 1 N–H and O–H groups in total. The number of carbonyl (C=O) groups excluding carboxylic acids is 1. The molecule has 0 aliphatic rings. The van der Waals surface area contributed by atoms with Crippen molar-refractivity contribution in [2.45, 2.75) is 13.1 Å². The van der Waals surface area contributed by atoms with Crippen LogP contribution in [0.4, 0.5) is 0 Å². The highest BCUT2D eigenvalue weighted by Gasteiger charge is 2.14. The van der Waals surface area contributed by atoms with Crippen LogP contribution in [0.5, 0.6) is 0 Å². The summed E-state index contributed by atoms with van der Waals surface area (Å²) in [5.74, 6) is -1.32. The number of carbonyl (C=O) groups is 2. The van der Waals surface area contributed by atoms with E-state index in [2.05, 4.69) is 10.3 Å². The maximum absolute atomic E-state index is 11.9. The average Bonchev–Trinajstić information content (AvgIpc) is 2.99. The Balaban J connectivity index is 1.94. The van der Waals surface area contributed by atoms with Gasteiger partial charge in [-0.05, 0) is 11.4 Å². The Morgan fingerprint density at radius 1 is 1.53 bits per heavy atom. The summed E-state index contributed by atoms with van der Waals surface area (Å²) in [7, 11) is 1.69. The molecule has 19 heavy (non-hydrogen) atoms. The number of hydrogen-bond donors (Lipinski definition) is 1. The lowest BCUT2D eigenvalue weighted by Gasteiger charge is -2.15. The number of likely N-dealkylation sites (N-methyl/N-ethyl adjacent to an activating group) is 1. The molecule has 0 aliphatic heterocycles. The standard InChI is InChI=1S/C11H12N4O3S/c1-14(5-8-3-2-4-19-8)10(16)7-15-6-9(11(17)18)12-13-15/h2-4,6H,5,7H2,1H3,(H,17,18). The van der Waals surface area contributed by atoms with E-state index in [1.807, 2.05) is 17.5 Å². The average molecular weight is 280 g/mol. The third-order valence-corrected chi connectivity index (χ3v) is 3.32. The molecular weight excluding hydrogens is 268 g/mol. The Labute approximate surface area is 113 Å². The number of carboxylic acids is 1. The molecule has 0 unspecified atom stereocenters. The lowest BCUT2D eigenvalue weighted by atomic mass is 10.4. The van der Waals surface area contributed by atoms with Crippen LogP contribution in [0.2, 0.25) is 0 Å². The number of rotatable bonds is 5. The Bertz CT molecular complexity index is 579. The number of thiophene rings is 1. The van der Waals surface area contributed by atoms with Crippen molar-refractivity contribution in [3.63, 3.8) is 0 Å². The van der Waals surface area contributed by atoms with E-state index in [4.69, 9.17) is 5.11 Å². The Hall–Kier alpha value is -2.22. The summed E-state index contributed by atoms with van der Waals surface area (Å²) in [5, 5.41) is 17.7. The van der Waals surface area contributed by atoms with Gasteiger partial charge >= 0.3 is 5.97 Å². The molecule has 0 fully saturated rings. The van der Waals surface area contributed by atoms with Crippen molar-refractivity contribution in [1.82, 2.24) is 19.9 Å². The minimum Gasteiger partial charge on any atom is -0.476 e. The normalized spacial score (nSPS) is 10.4. The SMILES string of the molecule is CN(Cc1cccs1)C(=O)Cn1cc(C(=O)O)nn1. The first-order chi connectivity index (χ1) is 9.06. The molecule has 0 aliphatic carbocycles. The van der Waals surface area contributed by atoms with Crippen LogP contribution < -0.4 is 0 Å². The van der Waals surface area contributed by atoms with E-state index < -0.39 is 5.97 Å². The molecular formula is C11H12N4O3S. The topological polar surface area (TPSA) is 88.3 Å². The lowest BCUT2D eigenvalue weighted by Crippen LogP contribution is -2.29. The predicted octanol–water partition coefficient (Wildman–Crippen LogP) is 0.696. The number of nitrogens with zero attached hydrogens (tertiary/aromatic N) is 4.